The van der Waals surface area contributed by atoms with E-state index < -0.39 is 6.09 Å². The summed E-state index contributed by atoms with van der Waals surface area (Å²) < 4.78 is 4.50. The molecular weight excluding hydrogens is 286 g/mol. The number of rotatable bonds is 4. The van der Waals surface area contributed by atoms with Gasteiger partial charge in [0.1, 0.15) is 11.1 Å². The summed E-state index contributed by atoms with van der Waals surface area (Å²) in [5.41, 5.74) is 2.01. The van der Waals surface area contributed by atoms with E-state index in [-0.39, 0.29) is 0 Å². The number of amides is 1. The van der Waals surface area contributed by atoms with E-state index in [1.165, 1.54) is 25.1 Å². The van der Waals surface area contributed by atoms with Crippen molar-refractivity contribution in [2.24, 2.45) is 0 Å². The minimum Gasteiger partial charge on any atom is -0.453 e. The van der Waals surface area contributed by atoms with Crippen molar-refractivity contribution in [2.45, 2.75) is 10.8 Å². The molecule has 0 aliphatic heterocycles. The van der Waals surface area contributed by atoms with Crippen molar-refractivity contribution in [1.29, 1.82) is 5.26 Å². The molecule has 2 rings (SSSR count). The van der Waals surface area contributed by atoms with Crippen molar-refractivity contribution in [3.05, 3.63) is 53.7 Å². The van der Waals surface area contributed by atoms with Crippen LogP contribution in [-0.4, -0.2) is 18.2 Å². The molecule has 0 fully saturated rings. The van der Waals surface area contributed by atoms with Crippen LogP contribution in [0.15, 0.2) is 47.6 Å². The molecule has 5 nitrogen and oxygen atoms in total. The third kappa shape index (κ3) is 4.23. The molecule has 0 aliphatic rings. The van der Waals surface area contributed by atoms with Crippen LogP contribution in [0.1, 0.15) is 11.1 Å². The summed E-state index contributed by atoms with van der Waals surface area (Å²) in [4.78, 5) is 15.3. The van der Waals surface area contributed by atoms with Crippen LogP contribution in [0.25, 0.3) is 0 Å². The van der Waals surface area contributed by atoms with E-state index in [1.807, 2.05) is 30.3 Å². The first-order valence-electron chi connectivity index (χ1n) is 6.14. The number of benzene rings is 1. The van der Waals surface area contributed by atoms with Gasteiger partial charge in [-0.15, -0.1) is 11.8 Å². The van der Waals surface area contributed by atoms with Gasteiger partial charge in [-0.2, -0.15) is 5.26 Å². The van der Waals surface area contributed by atoms with Crippen LogP contribution in [0.5, 0.6) is 0 Å². The van der Waals surface area contributed by atoms with Gasteiger partial charge in [0.15, 0.2) is 0 Å². The minimum atomic E-state index is -0.592. The smallest absolute Gasteiger partial charge is 0.411 e. The number of anilines is 1. The number of nitrogens with one attached hydrogen (secondary N) is 1. The number of hydrogen-bond acceptors (Lipinski definition) is 5. The van der Waals surface area contributed by atoms with Gasteiger partial charge in [-0.25, -0.2) is 9.78 Å². The second-order valence-corrected chi connectivity index (χ2v) is 5.04. The summed E-state index contributed by atoms with van der Waals surface area (Å²) >= 11 is 1.48. The van der Waals surface area contributed by atoms with Crippen LogP contribution in [0.2, 0.25) is 0 Å². The van der Waals surface area contributed by atoms with Gasteiger partial charge < -0.3 is 4.74 Å². The van der Waals surface area contributed by atoms with Crippen LogP contribution in [0.3, 0.4) is 0 Å². The second-order valence-electron chi connectivity index (χ2n) is 4.08. The number of nitrogens with zero attached hydrogens (tertiary/aromatic N) is 2. The van der Waals surface area contributed by atoms with Crippen LogP contribution in [-0.2, 0) is 10.5 Å². The first-order chi connectivity index (χ1) is 10.2. The lowest BCUT2D eigenvalue weighted by atomic mass is 10.2. The van der Waals surface area contributed by atoms with Crippen molar-refractivity contribution in [2.75, 3.05) is 12.4 Å². The predicted octanol–water partition coefficient (Wildman–Crippen LogP) is 3.42. The van der Waals surface area contributed by atoms with Gasteiger partial charge in [-0.1, -0.05) is 30.3 Å². The Morgan fingerprint density at radius 1 is 1.43 bits per heavy atom. The Kier molecular flexibility index (Phi) is 5.18. The molecule has 1 heterocycles. The van der Waals surface area contributed by atoms with Gasteiger partial charge in [-0.3, -0.25) is 5.32 Å². The summed E-state index contributed by atoms with van der Waals surface area (Å²) in [5.74, 6) is 0.728. The number of carbonyl (C=O) groups excluding carboxylic acids is 1. The Morgan fingerprint density at radius 3 is 2.86 bits per heavy atom. The zero-order valence-electron chi connectivity index (χ0n) is 11.4. The molecule has 1 amide bonds. The highest BCUT2D eigenvalue weighted by Gasteiger charge is 2.08. The summed E-state index contributed by atoms with van der Waals surface area (Å²) in [6, 6.07) is 13.6. The largest absolute Gasteiger partial charge is 0.453 e. The number of pyridine rings is 1. The van der Waals surface area contributed by atoms with Crippen LogP contribution in [0.4, 0.5) is 10.5 Å². The van der Waals surface area contributed by atoms with Crippen molar-refractivity contribution in [3.63, 3.8) is 0 Å². The molecule has 1 aromatic heterocycles. The van der Waals surface area contributed by atoms with E-state index in [2.05, 4.69) is 21.1 Å². The fourth-order valence-electron chi connectivity index (χ4n) is 1.61. The lowest BCUT2D eigenvalue weighted by molar-refractivity contribution is 0.187. The maximum atomic E-state index is 11.1. The fraction of sp³-hybridized carbons (Fsp3) is 0.133. The Balaban J connectivity index is 2.10. The average molecular weight is 299 g/mol. The number of ether oxygens (including phenoxy) is 1. The lowest BCUT2D eigenvalue weighted by Gasteiger charge is -2.07. The van der Waals surface area contributed by atoms with Crippen molar-refractivity contribution < 1.29 is 9.53 Å². The van der Waals surface area contributed by atoms with Crippen molar-refractivity contribution in [3.8, 4) is 6.07 Å². The molecular formula is C15H13N3O2S. The molecule has 106 valence electrons. The van der Waals surface area contributed by atoms with Crippen LogP contribution < -0.4 is 5.32 Å². The van der Waals surface area contributed by atoms with Gasteiger partial charge in [0.2, 0.25) is 0 Å². The van der Waals surface area contributed by atoms with E-state index in [1.54, 1.807) is 6.07 Å². The summed E-state index contributed by atoms with van der Waals surface area (Å²) in [6.45, 7) is 0. The SMILES string of the molecule is COC(=O)Nc1cnc(SCc2ccccc2)c(C#N)c1. The molecule has 1 aromatic carbocycles. The highest BCUT2D eigenvalue weighted by molar-refractivity contribution is 7.98. The molecule has 21 heavy (non-hydrogen) atoms. The summed E-state index contributed by atoms with van der Waals surface area (Å²) in [6.07, 6.45) is 0.913. The first kappa shape index (κ1) is 14.9. The predicted molar refractivity (Wildman–Crippen MR) is 81.0 cm³/mol. The summed E-state index contributed by atoms with van der Waals surface area (Å²) in [7, 11) is 1.28. The van der Waals surface area contributed by atoms with Gasteiger partial charge in [0, 0.05) is 5.75 Å². The zero-order valence-corrected chi connectivity index (χ0v) is 12.2. The molecule has 1 N–H and O–H groups in total. The Bertz CT molecular complexity index is 668. The molecule has 0 spiro atoms. The molecule has 6 heteroatoms. The number of aromatic nitrogens is 1. The number of nitriles is 1. The third-order valence-electron chi connectivity index (χ3n) is 2.62. The van der Waals surface area contributed by atoms with Gasteiger partial charge in [0.25, 0.3) is 0 Å². The van der Waals surface area contributed by atoms with E-state index in [4.69, 9.17) is 0 Å². The molecule has 0 aliphatic carbocycles. The quantitative estimate of drug-likeness (QED) is 0.875. The van der Waals surface area contributed by atoms with Crippen molar-refractivity contribution in [1.82, 2.24) is 4.98 Å². The molecule has 0 atom stereocenters. The van der Waals surface area contributed by atoms with Crippen molar-refractivity contribution >= 4 is 23.5 Å². The second kappa shape index (κ2) is 7.31. The molecule has 0 radical (unpaired) electrons. The number of thioether (sulfide) groups is 1. The lowest BCUT2D eigenvalue weighted by Crippen LogP contribution is -2.11. The van der Waals surface area contributed by atoms with Crippen LogP contribution >= 0.6 is 11.8 Å². The molecule has 2 aromatic rings. The Labute approximate surface area is 127 Å². The van der Waals surface area contributed by atoms with E-state index >= 15 is 0 Å². The monoisotopic (exact) mass is 299 g/mol. The molecule has 0 saturated carbocycles. The fourth-order valence-corrected chi connectivity index (χ4v) is 2.49. The Hall–Kier alpha value is -2.52. The minimum absolute atomic E-state index is 0.421. The zero-order chi connectivity index (χ0) is 15.1. The maximum absolute atomic E-state index is 11.1. The van der Waals surface area contributed by atoms with E-state index in [0.29, 0.717) is 16.3 Å². The number of hydrogen-bond donors (Lipinski definition) is 1. The first-order valence-corrected chi connectivity index (χ1v) is 7.13. The number of methoxy groups -OCH3 is 1. The van der Waals surface area contributed by atoms with Gasteiger partial charge in [-0.05, 0) is 11.6 Å². The molecule has 0 bridgehead atoms. The molecule has 0 saturated heterocycles. The Morgan fingerprint density at radius 2 is 2.19 bits per heavy atom. The third-order valence-corrected chi connectivity index (χ3v) is 3.70. The van der Waals surface area contributed by atoms with Crippen LogP contribution in [0, 0.1) is 11.3 Å². The highest BCUT2D eigenvalue weighted by atomic mass is 32.2. The van der Waals surface area contributed by atoms with E-state index in [9.17, 15) is 10.1 Å². The normalized spacial score (nSPS) is 9.71. The summed E-state index contributed by atoms with van der Waals surface area (Å²) in [5, 5.41) is 12.3. The maximum Gasteiger partial charge on any atom is 0.411 e. The topological polar surface area (TPSA) is 75.0 Å². The average Bonchev–Trinajstić information content (AvgIpc) is 2.54. The van der Waals surface area contributed by atoms with E-state index in [0.717, 1.165) is 11.3 Å². The van der Waals surface area contributed by atoms with Gasteiger partial charge >= 0.3 is 6.09 Å². The highest BCUT2D eigenvalue weighted by Crippen LogP contribution is 2.25. The van der Waals surface area contributed by atoms with Gasteiger partial charge in [0.05, 0.1) is 24.6 Å². The number of carbonyl (C=O) groups is 1. The standard InChI is InChI=1S/C15H13N3O2S/c1-20-15(19)18-13-7-12(8-16)14(17-9-13)21-10-11-5-3-2-4-6-11/h2-7,9H,10H2,1H3,(H,18,19). The molecule has 0 unspecified atom stereocenters.